The molecule has 1 heterocycles. The third-order valence-electron chi connectivity index (χ3n) is 3.16. The van der Waals surface area contributed by atoms with Gasteiger partial charge in [-0.1, -0.05) is 12.1 Å². The van der Waals surface area contributed by atoms with E-state index in [1.165, 1.54) is 12.1 Å². The fourth-order valence-electron chi connectivity index (χ4n) is 2.20. The molecule has 3 N–H and O–H groups in total. The molecule has 114 valence electrons. The van der Waals surface area contributed by atoms with Crippen LogP contribution in [0.3, 0.4) is 0 Å². The van der Waals surface area contributed by atoms with Crippen LogP contribution < -0.4 is 10.6 Å². The number of amides is 1. The van der Waals surface area contributed by atoms with Gasteiger partial charge in [0, 0.05) is 19.0 Å². The second-order valence-corrected chi connectivity index (χ2v) is 7.10. The Morgan fingerprint density at radius 2 is 2.05 bits per heavy atom. The molecule has 1 unspecified atom stereocenters. The summed E-state index contributed by atoms with van der Waals surface area (Å²) in [6.45, 7) is 0.325. The Labute approximate surface area is 122 Å². The van der Waals surface area contributed by atoms with Crippen molar-refractivity contribution in [2.24, 2.45) is 0 Å². The smallest absolute Gasteiger partial charge is 0.337 e. The van der Waals surface area contributed by atoms with E-state index < -0.39 is 27.8 Å². The van der Waals surface area contributed by atoms with E-state index >= 15 is 0 Å². The number of hydrogen-bond acceptors (Lipinski definition) is 5. The van der Waals surface area contributed by atoms with Crippen molar-refractivity contribution in [2.45, 2.75) is 12.5 Å². The largest absolute Gasteiger partial charge is 0.478 e. The van der Waals surface area contributed by atoms with Gasteiger partial charge in [0.15, 0.2) is 9.84 Å². The second-order valence-electron chi connectivity index (χ2n) is 4.87. The van der Waals surface area contributed by atoms with Gasteiger partial charge in [-0.2, -0.15) is 0 Å². The van der Waals surface area contributed by atoms with E-state index in [1.54, 1.807) is 12.1 Å². The normalized spacial score (nSPS) is 20.7. The molecule has 0 radical (unpaired) electrons. The lowest BCUT2D eigenvalue weighted by Gasteiger charge is -2.23. The summed E-state index contributed by atoms with van der Waals surface area (Å²) in [5.74, 6) is -1.56. The van der Waals surface area contributed by atoms with Gasteiger partial charge in [-0.15, -0.1) is 0 Å². The predicted molar refractivity (Wildman–Crippen MR) is 77.1 cm³/mol. The molecular formula is C13H16N2O5S. The molecule has 8 heteroatoms. The van der Waals surface area contributed by atoms with Crippen LogP contribution in [0.15, 0.2) is 24.3 Å². The van der Waals surface area contributed by atoms with Crippen LogP contribution in [0.25, 0.3) is 0 Å². The number of rotatable bonds is 4. The molecule has 0 saturated carbocycles. The molecule has 0 spiro atoms. The van der Waals surface area contributed by atoms with E-state index in [0.717, 1.165) is 0 Å². The SMILES string of the molecule is O=C(CC1CS(=O)(=O)CCN1)Nc1ccccc1C(=O)O. The van der Waals surface area contributed by atoms with Gasteiger partial charge in [0.2, 0.25) is 5.91 Å². The van der Waals surface area contributed by atoms with Crippen LogP contribution >= 0.6 is 0 Å². The summed E-state index contributed by atoms with van der Waals surface area (Å²) in [6.07, 6.45) is -0.0207. The lowest BCUT2D eigenvalue weighted by Crippen LogP contribution is -2.46. The maximum atomic E-state index is 11.9. The quantitative estimate of drug-likeness (QED) is 0.727. The molecule has 1 aromatic rings. The molecular weight excluding hydrogens is 296 g/mol. The van der Waals surface area contributed by atoms with Crippen molar-refractivity contribution in [2.75, 3.05) is 23.4 Å². The highest BCUT2D eigenvalue weighted by Gasteiger charge is 2.26. The van der Waals surface area contributed by atoms with E-state index in [0.29, 0.717) is 6.54 Å². The first-order valence-electron chi connectivity index (χ1n) is 6.43. The van der Waals surface area contributed by atoms with Crippen molar-refractivity contribution in [1.29, 1.82) is 0 Å². The molecule has 0 bridgehead atoms. The van der Waals surface area contributed by atoms with Crippen molar-refractivity contribution < 1.29 is 23.1 Å². The topological polar surface area (TPSA) is 113 Å². The Morgan fingerprint density at radius 3 is 2.71 bits per heavy atom. The Bertz CT molecular complexity index is 656. The summed E-state index contributed by atoms with van der Waals surface area (Å²) in [7, 11) is -3.11. The Balaban J connectivity index is 2.01. The lowest BCUT2D eigenvalue weighted by atomic mass is 10.1. The number of carboxylic acid groups (broad SMARTS) is 1. The number of sulfone groups is 1. The molecule has 1 fully saturated rings. The monoisotopic (exact) mass is 312 g/mol. The number of para-hydroxylation sites is 1. The summed E-state index contributed by atoms with van der Waals surface area (Å²) in [4.78, 5) is 23.0. The van der Waals surface area contributed by atoms with Gasteiger partial charge in [0.05, 0.1) is 22.8 Å². The summed E-state index contributed by atoms with van der Waals surface area (Å²) in [5.41, 5.74) is 0.198. The average molecular weight is 312 g/mol. The van der Waals surface area contributed by atoms with Crippen molar-refractivity contribution in [3.63, 3.8) is 0 Å². The lowest BCUT2D eigenvalue weighted by molar-refractivity contribution is -0.116. The standard InChI is InChI=1S/C13H16N2O5S/c16-12(7-9-8-21(19,20)6-5-14-9)15-11-4-2-1-3-10(11)13(17)18/h1-4,9,14H,5-8H2,(H,15,16)(H,17,18). The number of nitrogens with one attached hydrogen (secondary N) is 2. The molecule has 1 amide bonds. The number of hydrogen-bond donors (Lipinski definition) is 3. The van der Waals surface area contributed by atoms with E-state index in [2.05, 4.69) is 10.6 Å². The van der Waals surface area contributed by atoms with Gasteiger partial charge in [-0.25, -0.2) is 13.2 Å². The Kier molecular flexibility index (Phi) is 4.59. The summed E-state index contributed by atoms with van der Waals surface area (Å²) in [6, 6.07) is 5.62. The number of anilines is 1. The summed E-state index contributed by atoms with van der Waals surface area (Å²) >= 11 is 0. The molecule has 21 heavy (non-hydrogen) atoms. The highest BCUT2D eigenvalue weighted by Crippen LogP contribution is 2.16. The minimum atomic E-state index is -3.11. The van der Waals surface area contributed by atoms with Crippen LogP contribution in [-0.2, 0) is 14.6 Å². The number of carbonyl (C=O) groups excluding carboxylic acids is 1. The minimum Gasteiger partial charge on any atom is -0.478 e. The fourth-order valence-corrected chi connectivity index (χ4v) is 3.65. The van der Waals surface area contributed by atoms with Gasteiger partial charge in [0.1, 0.15) is 0 Å². The highest BCUT2D eigenvalue weighted by atomic mass is 32.2. The van der Waals surface area contributed by atoms with Crippen LogP contribution in [0.1, 0.15) is 16.8 Å². The van der Waals surface area contributed by atoms with Crippen molar-refractivity contribution >= 4 is 27.4 Å². The van der Waals surface area contributed by atoms with Crippen molar-refractivity contribution in [3.05, 3.63) is 29.8 Å². The second kappa shape index (κ2) is 6.23. The minimum absolute atomic E-state index is 0.00456. The van der Waals surface area contributed by atoms with Crippen LogP contribution in [0, 0.1) is 0 Å². The number of aromatic carboxylic acids is 1. The first-order chi connectivity index (χ1) is 9.87. The fraction of sp³-hybridized carbons (Fsp3) is 0.385. The van der Waals surface area contributed by atoms with Crippen molar-refractivity contribution in [3.8, 4) is 0 Å². The number of carboxylic acids is 1. The van der Waals surface area contributed by atoms with Gasteiger partial charge in [-0.3, -0.25) is 4.79 Å². The van der Waals surface area contributed by atoms with Gasteiger partial charge in [0.25, 0.3) is 0 Å². The number of carbonyl (C=O) groups is 2. The van der Waals surface area contributed by atoms with Crippen LogP contribution in [0.5, 0.6) is 0 Å². The van der Waals surface area contributed by atoms with E-state index in [4.69, 9.17) is 5.11 Å². The molecule has 0 aromatic heterocycles. The summed E-state index contributed by atoms with van der Waals surface area (Å²) in [5, 5.41) is 14.5. The highest BCUT2D eigenvalue weighted by molar-refractivity contribution is 7.91. The zero-order valence-electron chi connectivity index (χ0n) is 11.2. The first kappa shape index (κ1) is 15.5. The molecule has 7 nitrogen and oxygen atoms in total. The van der Waals surface area contributed by atoms with Crippen LogP contribution in [0.4, 0.5) is 5.69 Å². The van der Waals surface area contributed by atoms with E-state index in [-0.39, 0.29) is 29.2 Å². The van der Waals surface area contributed by atoms with Gasteiger partial charge < -0.3 is 15.7 Å². The predicted octanol–water partition coefficient (Wildman–Crippen LogP) is 0.100. The molecule has 1 aliphatic rings. The van der Waals surface area contributed by atoms with E-state index in [9.17, 15) is 18.0 Å². The Morgan fingerprint density at radius 1 is 1.33 bits per heavy atom. The summed E-state index contributed by atoms with van der Waals surface area (Å²) < 4.78 is 23.0. The van der Waals surface area contributed by atoms with Gasteiger partial charge in [-0.05, 0) is 12.1 Å². The van der Waals surface area contributed by atoms with Gasteiger partial charge >= 0.3 is 5.97 Å². The van der Waals surface area contributed by atoms with Crippen LogP contribution in [0.2, 0.25) is 0 Å². The molecule has 0 aliphatic carbocycles. The number of benzene rings is 1. The van der Waals surface area contributed by atoms with E-state index in [1.807, 2.05) is 0 Å². The molecule has 1 aliphatic heterocycles. The zero-order chi connectivity index (χ0) is 15.5. The van der Waals surface area contributed by atoms with Crippen LogP contribution in [-0.4, -0.2) is 49.5 Å². The maximum absolute atomic E-state index is 11.9. The maximum Gasteiger partial charge on any atom is 0.337 e. The average Bonchev–Trinajstić information content (AvgIpc) is 2.37. The molecule has 1 aromatic carbocycles. The molecule has 1 atom stereocenters. The molecule has 1 saturated heterocycles. The Hall–Kier alpha value is -1.93. The first-order valence-corrected chi connectivity index (χ1v) is 8.25. The third kappa shape index (κ3) is 4.27. The third-order valence-corrected chi connectivity index (χ3v) is 4.90. The zero-order valence-corrected chi connectivity index (χ0v) is 12.0. The molecule has 2 rings (SSSR count). The van der Waals surface area contributed by atoms with Crippen molar-refractivity contribution in [1.82, 2.24) is 5.32 Å².